The van der Waals surface area contributed by atoms with E-state index >= 15 is 0 Å². The highest BCUT2D eigenvalue weighted by atomic mass is 16.4. The quantitative estimate of drug-likeness (QED) is 0.864. The smallest absolute Gasteiger partial charge is 0.308 e. The molecular formula is C20H25N3O3. The summed E-state index contributed by atoms with van der Waals surface area (Å²) >= 11 is 0. The molecule has 0 saturated carbocycles. The second-order valence-electron chi connectivity index (χ2n) is 6.98. The fraction of sp³-hybridized carbons (Fsp3) is 0.450. The van der Waals surface area contributed by atoms with Gasteiger partial charge in [0.05, 0.1) is 5.92 Å². The normalized spacial score (nSPS) is 19.7. The lowest BCUT2D eigenvalue weighted by molar-refractivity contribution is -0.141. The number of rotatable bonds is 6. The van der Waals surface area contributed by atoms with E-state index in [9.17, 15) is 14.7 Å². The van der Waals surface area contributed by atoms with Crippen LogP contribution in [0, 0.1) is 19.8 Å². The molecule has 1 aliphatic heterocycles. The first-order valence-corrected chi connectivity index (χ1v) is 9.01. The van der Waals surface area contributed by atoms with Crippen molar-refractivity contribution in [3.63, 3.8) is 0 Å². The molecule has 1 amide bonds. The molecule has 6 nitrogen and oxygen atoms in total. The lowest BCUT2D eigenvalue weighted by Crippen LogP contribution is -2.29. The van der Waals surface area contributed by atoms with Crippen LogP contribution >= 0.6 is 0 Å². The van der Waals surface area contributed by atoms with Gasteiger partial charge in [0.25, 0.3) is 0 Å². The third-order valence-corrected chi connectivity index (χ3v) is 5.29. The highest BCUT2D eigenvalue weighted by Crippen LogP contribution is 2.34. The van der Waals surface area contributed by atoms with Gasteiger partial charge in [-0.3, -0.25) is 9.59 Å². The first-order chi connectivity index (χ1) is 12.5. The Morgan fingerprint density at radius 1 is 1.23 bits per heavy atom. The number of benzene rings is 1. The van der Waals surface area contributed by atoms with Crippen LogP contribution in [0.5, 0.6) is 0 Å². The second-order valence-corrected chi connectivity index (χ2v) is 6.98. The number of carbonyl (C=O) groups excluding carboxylic acids is 1. The van der Waals surface area contributed by atoms with Gasteiger partial charge in [-0.2, -0.15) is 0 Å². The van der Waals surface area contributed by atoms with Crippen LogP contribution in [0.3, 0.4) is 0 Å². The highest BCUT2D eigenvalue weighted by Gasteiger charge is 2.40. The third-order valence-electron chi connectivity index (χ3n) is 5.29. The van der Waals surface area contributed by atoms with Gasteiger partial charge in [-0.1, -0.05) is 24.3 Å². The number of likely N-dealkylation sites (tertiary alicyclic amines) is 1. The maximum Gasteiger partial charge on any atom is 0.308 e. The zero-order valence-corrected chi connectivity index (χ0v) is 15.3. The van der Waals surface area contributed by atoms with E-state index in [2.05, 4.69) is 4.98 Å². The molecule has 26 heavy (non-hydrogen) atoms. The summed E-state index contributed by atoms with van der Waals surface area (Å²) in [5.41, 5.74) is 2.11. The van der Waals surface area contributed by atoms with Gasteiger partial charge in [0.2, 0.25) is 5.91 Å². The zero-order chi connectivity index (χ0) is 18.7. The van der Waals surface area contributed by atoms with E-state index in [1.54, 1.807) is 11.1 Å². The third kappa shape index (κ3) is 3.79. The van der Waals surface area contributed by atoms with E-state index in [-0.39, 0.29) is 18.4 Å². The minimum atomic E-state index is -0.831. The van der Waals surface area contributed by atoms with Gasteiger partial charge in [-0.25, -0.2) is 4.98 Å². The number of carboxylic acid groups (broad SMARTS) is 1. The molecule has 1 aromatic carbocycles. The number of hydrogen-bond donors (Lipinski definition) is 1. The first-order valence-electron chi connectivity index (χ1n) is 9.01. The Kier molecular flexibility index (Phi) is 5.40. The van der Waals surface area contributed by atoms with E-state index in [0.717, 1.165) is 29.9 Å². The molecule has 2 heterocycles. The minimum Gasteiger partial charge on any atom is -0.481 e. The van der Waals surface area contributed by atoms with Crippen molar-refractivity contribution in [3.05, 3.63) is 53.6 Å². The fourth-order valence-electron chi connectivity index (χ4n) is 3.77. The number of hydrogen-bond acceptors (Lipinski definition) is 3. The molecule has 138 valence electrons. The topological polar surface area (TPSA) is 75.4 Å². The van der Waals surface area contributed by atoms with Crippen LogP contribution in [-0.2, 0) is 16.1 Å². The van der Waals surface area contributed by atoms with Gasteiger partial charge in [-0.05, 0) is 31.4 Å². The molecule has 1 aliphatic rings. The molecule has 0 aliphatic carbocycles. The molecule has 1 aromatic heterocycles. The van der Waals surface area contributed by atoms with Crippen LogP contribution in [-0.4, -0.2) is 44.5 Å². The van der Waals surface area contributed by atoms with Crippen molar-refractivity contribution in [1.29, 1.82) is 0 Å². The Labute approximate surface area is 153 Å². The van der Waals surface area contributed by atoms with E-state index in [4.69, 9.17) is 0 Å². The summed E-state index contributed by atoms with van der Waals surface area (Å²) in [5.74, 6) is -0.554. The first kappa shape index (κ1) is 18.2. The van der Waals surface area contributed by atoms with E-state index in [1.807, 2.05) is 48.9 Å². The second kappa shape index (κ2) is 7.72. The van der Waals surface area contributed by atoms with Crippen LogP contribution in [0.15, 0.2) is 36.7 Å². The molecule has 1 saturated heterocycles. The summed E-state index contributed by atoms with van der Waals surface area (Å²) in [6.45, 7) is 5.44. The van der Waals surface area contributed by atoms with Crippen LogP contribution < -0.4 is 0 Å². The fourth-order valence-corrected chi connectivity index (χ4v) is 3.77. The van der Waals surface area contributed by atoms with Crippen LogP contribution in [0.4, 0.5) is 0 Å². The van der Waals surface area contributed by atoms with Gasteiger partial charge in [0.15, 0.2) is 0 Å². The molecule has 0 radical (unpaired) electrons. The average molecular weight is 355 g/mol. The Morgan fingerprint density at radius 2 is 2.00 bits per heavy atom. The van der Waals surface area contributed by atoms with E-state index in [1.165, 1.54) is 0 Å². The van der Waals surface area contributed by atoms with E-state index in [0.29, 0.717) is 13.0 Å². The number of aliphatic carboxylic acids is 1. The molecule has 2 unspecified atom stereocenters. The summed E-state index contributed by atoms with van der Waals surface area (Å²) < 4.78 is 2.02. The maximum atomic E-state index is 12.6. The van der Waals surface area contributed by atoms with Crippen molar-refractivity contribution in [2.45, 2.75) is 39.2 Å². The molecule has 3 rings (SSSR count). The number of imidazole rings is 1. The number of carboxylic acids is 1. The van der Waals surface area contributed by atoms with Gasteiger partial charge < -0.3 is 14.6 Å². The molecule has 0 bridgehead atoms. The predicted octanol–water partition coefficient (Wildman–Crippen LogP) is 2.61. The summed E-state index contributed by atoms with van der Waals surface area (Å²) in [6, 6.07) is 7.85. The average Bonchev–Trinajstić information content (AvgIpc) is 3.22. The van der Waals surface area contributed by atoms with Crippen LogP contribution in [0.1, 0.15) is 35.7 Å². The van der Waals surface area contributed by atoms with Gasteiger partial charge >= 0.3 is 5.97 Å². The Hall–Kier alpha value is -2.63. The zero-order valence-electron chi connectivity index (χ0n) is 15.3. The standard InChI is InChI=1S/C20H25N3O3/c1-14-6-3-4-7-16(14)17-12-23(13-18(17)20(25)26)19(24)8-5-10-22-11-9-21-15(22)2/h3-4,6-7,9,11,17-18H,5,8,10,12-13H2,1-2H3,(H,25,26). The lowest BCUT2D eigenvalue weighted by Gasteiger charge is -2.18. The van der Waals surface area contributed by atoms with Crippen molar-refractivity contribution in [1.82, 2.24) is 14.5 Å². The molecule has 6 heteroatoms. The lowest BCUT2D eigenvalue weighted by atomic mass is 9.86. The molecule has 0 spiro atoms. The Morgan fingerprint density at radius 3 is 2.65 bits per heavy atom. The van der Waals surface area contributed by atoms with Gasteiger partial charge in [0, 0.05) is 44.4 Å². The number of aromatic nitrogens is 2. The number of carbonyl (C=O) groups is 2. The summed E-state index contributed by atoms with van der Waals surface area (Å²) in [6.07, 6.45) is 4.80. The molecule has 1 fully saturated rings. The number of aryl methyl sites for hydroxylation is 3. The van der Waals surface area contributed by atoms with Crippen molar-refractivity contribution < 1.29 is 14.7 Å². The molecule has 1 N–H and O–H groups in total. The monoisotopic (exact) mass is 355 g/mol. The summed E-state index contributed by atoms with van der Waals surface area (Å²) in [7, 11) is 0. The summed E-state index contributed by atoms with van der Waals surface area (Å²) in [4.78, 5) is 30.2. The SMILES string of the molecule is Cc1ccccc1C1CN(C(=O)CCCn2ccnc2C)CC1C(=O)O. The molecule has 2 atom stereocenters. The van der Waals surface area contributed by atoms with Crippen molar-refractivity contribution in [3.8, 4) is 0 Å². The van der Waals surface area contributed by atoms with E-state index < -0.39 is 11.9 Å². The Balaban J connectivity index is 1.63. The van der Waals surface area contributed by atoms with Crippen molar-refractivity contribution in [2.75, 3.05) is 13.1 Å². The largest absolute Gasteiger partial charge is 0.481 e. The van der Waals surface area contributed by atoms with Crippen molar-refractivity contribution >= 4 is 11.9 Å². The van der Waals surface area contributed by atoms with Gasteiger partial charge in [-0.15, -0.1) is 0 Å². The minimum absolute atomic E-state index is 0.0325. The molecular weight excluding hydrogens is 330 g/mol. The summed E-state index contributed by atoms with van der Waals surface area (Å²) in [5, 5.41) is 9.62. The maximum absolute atomic E-state index is 12.6. The van der Waals surface area contributed by atoms with Crippen LogP contribution in [0.2, 0.25) is 0 Å². The highest BCUT2D eigenvalue weighted by molar-refractivity contribution is 5.79. The molecule has 2 aromatic rings. The Bertz CT molecular complexity index is 799. The van der Waals surface area contributed by atoms with Crippen LogP contribution in [0.25, 0.3) is 0 Å². The van der Waals surface area contributed by atoms with Crippen molar-refractivity contribution in [2.24, 2.45) is 5.92 Å². The predicted molar refractivity (Wildman–Crippen MR) is 97.8 cm³/mol. The number of nitrogens with zero attached hydrogens (tertiary/aromatic N) is 3. The number of amides is 1. The van der Waals surface area contributed by atoms with Gasteiger partial charge in [0.1, 0.15) is 5.82 Å².